The Hall–Kier alpha value is -3.24. The predicted molar refractivity (Wildman–Crippen MR) is 97.3 cm³/mol. The number of nitrogens with zero attached hydrogens (tertiary/aromatic N) is 3. The van der Waals surface area contributed by atoms with E-state index in [2.05, 4.69) is 4.79 Å². The molecule has 0 spiro atoms. The second-order valence-electron chi connectivity index (χ2n) is 5.62. The van der Waals surface area contributed by atoms with Crippen molar-refractivity contribution in [1.29, 1.82) is 0 Å². The molecule has 0 heterocycles. The Labute approximate surface area is 152 Å². The fourth-order valence-corrected chi connectivity index (χ4v) is 2.49. The monoisotopic (exact) mass is 351 g/mol. The van der Waals surface area contributed by atoms with E-state index in [-0.39, 0.29) is 6.61 Å². The summed E-state index contributed by atoms with van der Waals surface area (Å²) in [5.41, 5.74) is 10.5. The molecule has 0 atom stereocenters. The van der Waals surface area contributed by atoms with Crippen LogP contribution < -0.4 is 0 Å². The molecule has 6 nitrogen and oxygen atoms in total. The Morgan fingerprint density at radius 1 is 1.00 bits per heavy atom. The van der Waals surface area contributed by atoms with Gasteiger partial charge in [-0.1, -0.05) is 60.7 Å². The first kappa shape index (κ1) is 19.1. The van der Waals surface area contributed by atoms with E-state index in [0.717, 1.165) is 11.1 Å². The average Bonchev–Trinajstić information content (AvgIpc) is 2.67. The van der Waals surface area contributed by atoms with Gasteiger partial charge in [0.05, 0.1) is 6.61 Å². The molecular weight excluding hydrogens is 330 g/mol. The Bertz CT molecular complexity index is 784. The lowest BCUT2D eigenvalue weighted by molar-refractivity contribution is -0.144. The lowest BCUT2D eigenvalue weighted by Gasteiger charge is -2.20. The van der Waals surface area contributed by atoms with Crippen LogP contribution in [-0.4, -0.2) is 40.4 Å². The average molecular weight is 351 g/mol. The van der Waals surface area contributed by atoms with Gasteiger partial charge in [-0.3, -0.25) is 4.79 Å². The van der Waals surface area contributed by atoms with Gasteiger partial charge in [0.1, 0.15) is 0 Å². The van der Waals surface area contributed by atoms with Gasteiger partial charge in [0.25, 0.3) is 0 Å². The molecule has 2 rings (SSSR count). The molecule has 0 aliphatic heterocycles. The van der Waals surface area contributed by atoms with Crippen LogP contribution in [0.1, 0.15) is 18.1 Å². The van der Waals surface area contributed by atoms with Crippen LogP contribution >= 0.6 is 0 Å². The van der Waals surface area contributed by atoms with Crippen molar-refractivity contribution in [3.05, 3.63) is 77.3 Å². The van der Waals surface area contributed by atoms with Gasteiger partial charge in [0.2, 0.25) is 0 Å². The zero-order valence-corrected chi connectivity index (χ0v) is 14.7. The summed E-state index contributed by atoms with van der Waals surface area (Å²) in [5.74, 6) is -1.59. The van der Waals surface area contributed by atoms with Crippen LogP contribution in [-0.2, 0) is 27.3 Å². The number of benzene rings is 2. The summed E-state index contributed by atoms with van der Waals surface area (Å²) < 4.78 is 4.80. The van der Waals surface area contributed by atoms with Gasteiger partial charge in [0, 0.05) is 13.1 Å². The van der Waals surface area contributed by atoms with Crippen molar-refractivity contribution in [1.82, 2.24) is 4.90 Å². The molecule has 0 aromatic heterocycles. The Balaban J connectivity index is 2.19. The van der Waals surface area contributed by atoms with Gasteiger partial charge >= 0.3 is 17.6 Å². The largest absolute Gasteiger partial charge is 0.463 e. The molecule has 0 N–H and O–H groups in total. The fourth-order valence-electron chi connectivity index (χ4n) is 2.49. The van der Waals surface area contributed by atoms with Crippen LogP contribution in [0.3, 0.4) is 0 Å². The molecule has 2 aromatic carbocycles. The number of rotatable bonds is 8. The Kier molecular flexibility index (Phi) is 7.28. The van der Waals surface area contributed by atoms with Gasteiger partial charge in [-0.25, -0.2) is 4.79 Å². The summed E-state index contributed by atoms with van der Waals surface area (Å²) in [5, 5.41) is 0. The smallest absolute Gasteiger partial charge is 0.457 e. The van der Waals surface area contributed by atoms with Crippen LogP contribution in [0.5, 0.6) is 0 Å². The standard InChI is InChI=1S/C20H21N3O3/c1-2-26-20(25)18(22-21)19(24)23(15-17-11-7-4-8-12-17)14-13-16-9-5-3-6-10-16/h3-12H,2,13-15H2,1H3. The summed E-state index contributed by atoms with van der Waals surface area (Å²) in [4.78, 5) is 29.0. The van der Waals surface area contributed by atoms with E-state index in [0.29, 0.717) is 19.5 Å². The van der Waals surface area contributed by atoms with E-state index in [1.807, 2.05) is 60.7 Å². The third-order valence-electron chi connectivity index (χ3n) is 3.79. The van der Waals surface area contributed by atoms with E-state index in [1.165, 1.54) is 4.90 Å². The maximum absolute atomic E-state index is 12.8. The van der Waals surface area contributed by atoms with E-state index in [4.69, 9.17) is 10.3 Å². The first-order valence-electron chi connectivity index (χ1n) is 8.42. The first-order valence-corrected chi connectivity index (χ1v) is 8.42. The summed E-state index contributed by atoms with van der Waals surface area (Å²) in [7, 11) is 0. The molecule has 0 aliphatic rings. The van der Waals surface area contributed by atoms with Gasteiger partial charge in [-0.2, -0.15) is 4.79 Å². The Morgan fingerprint density at radius 2 is 1.58 bits per heavy atom. The molecule has 0 saturated carbocycles. The highest BCUT2D eigenvalue weighted by atomic mass is 16.5. The number of amides is 1. The molecular formula is C20H21N3O3. The SMILES string of the molecule is CCOC(=O)C(=[N+]=[N-])C(=O)N(CCc1ccccc1)Cc1ccccc1. The number of ether oxygens (including phenoxy) is 1. The molecule has 0 unspecified atom stereocenters. The normalized spacial score (nSPS) is 9.88. The quantitative estimate of drug-likeness (QED) is 0.241. The summed E-state index contributed by atoms with van der Waals surface area (Å²) in [6.07, 6.45) is 0.612. The molecule has 6 heteroatoms. The summed E-state index contributed by atoms with van der Waals surface area (Å²) in [6.45, 7) is 2.38. The van der Waals surface area contributed by atoms with E-state index in [9.17, 15) is 9.59 Å². The van der Waals surface area contributed by atoms with Gasteiger partial charge in [-0.05, 0) is 24.5 Å². The zero-order valence-electron chi connectivity index (χ0n) is 14.7. The van der Waals surface area contributed by atoms with Crippen molar-refractivity contribution in [2.75, 3.05) is 13.2 Å². The second kappa shape index (κ2) is 9.91. The van der Waals surface area contributed by atoms with Crippen molar-refractivity contribution in [2.24, 2.45) is 0 Å². The third-order valence-corrected chi connectivity index (χ3v) is 3.79. The molecule has 1 amide bonds. The van der Waals surface area contributed by atoms with Crippen molar-refractivity contribution >= 4 is 17.6 Å². The lowest BCUT2D eigenvalue weighted by Crippen LogP contribution is -2.42. The van der Waals surface area contributed by atoms with E-state index < -0.39 is 17.6 Å². The fraction of sp³-hybridized carbons (Fsp3) is 0.250. The molecule has 0 fully saturated rings. The van der Waals surface area contributed by atoms with Crippen LogP contribution in [0, 0.1) is 0 Å². The molecule has 134 valence electrons. The molecule has 0 aliphatic carbocycles. The summed E-state index contributed by atoms with van der Waals surface area (Å²) in [6, 6.07) is 19.1. The van der Waals surface area contributed by atoms with Crippen molar-refractivity contribution < 1.29 is 19.1 Å². The van der Waals surface area contributed by atoms with Crippen LogP contribution in [0.15, 0.2) is 60.7 Å². The van der Waals surface area contributed by atoms with E-state index in [1.54, 1.807) is 6.92 Å². The highest BCUT2D eigenvalue weighted by Crippen LogP contribution is 2.08. The van der Waals surface area contributed by atoms with E-state index >= 15 is 0 Å². The number of esters is 1. The summed E-state index contributed by atoms with van der Waals surface area (Å²) >= 11 is 0. The van der Waals surface area contributed by atoms with Crippen molar-refractivity contribution in [2.45, 2.75) is 19.9 Å². The second-order valence-corrected chi connectivity index (χ2v) is 5.62. The third kappa shape index (κ3) is 5.40. The molecule has 26 heavy (non-hydrogen) atoms. The predicted octanol–water partition coefficient (Wildman–Crippen LogP) is 2.49. The zero-order chi connectivity index (χ0) is 18.8. The number of hydrogen-bond donors (Lipinski definition) is 0. The van der Waals surface area contributed by atoms with Crippen molar-refractivity contribution in [3.63, 3.8) is 0 Å². The number of hydrogen-bond acceptors (Lipinski definition) is 3. The minimum absolute atomic E-state index is 0.0911. The van der Waals surface area contributed by atoms with Crippen LogP contribution in [0.25, 0.3) is 5.53 Å². The van der Waals surface area contributed by atoms with Crippen molar-refractivity contribution in [3.8, 4) is 0 Å². The molecule has 0 bridgehead atoms. The van der Waals surface area contributed by atoms with Gasteiger partial charge < -0.3 is 15.2 Å². The minimum Gasteiger partial charge on any atom is -0.457 e. The topological polar surface area (TPSA) is 83.0 Å². The maximum Gasteiger partial charge on any atom is 0.463 e. The molecule has 0 radical (unpaired) electrons. The van der Waals surface area contributed by atoms with Crippen LogP contribution in [0.4, 0.5) is 0 Å². The van der Waals surface area contributed by atoms with Gasteiger partial charge in [0.15, 0.2) is 0 Å². The number of carbonyl (C=O) groups excluding carboxylic acids is 2. The van der Waals surface area contributed by atoms with Crippen LogP contribution in [0.2, 0.25) is 0 Å². The highest BCUT2D eigenvalue weighted by molar-refractivity contribution is 6.61. The maximum atomic E-state index is 12.8. The highest BCUT2D eigenvalue weighted by Gasteiger charge is 2.35. The Morgan fingerprint density at radius 3 is 2.12 bits per heavy atom. The van der Waals surface area contributed by atoms with Gasteiger partial charge in [-0.15, -0.1) is 0 Å². The number of carbonyl (C=O) groups is 2. The molecule has 2 aromatic rings. The lowest BCUT2D eigenvalue weighted by atomic mass is 10.1. The minimum atomic E-state index is -0.933. The first-order chi connectivity index (χ1) is 12.7. The molecule has 0 saturated heterocycles.